The minimum Gasteiger partial charge on any atom is -0.370 e. The fourth-order valence-corrected chi connectivity index (χ4v) is 2.62. The van der Waals surface area contributed by atoms with E-state index in [-0.39, 0.29) is 0 Å². The van der Waals surface area contributed by atoms with Crippen LogP contribution in [0.3, 0.4) is 0 Å². The third-order valence-corrected chi connectivity index (χ3v) is 3.91. The Balaban J connectivity index is 1.45. The smallest absolute Gasteiger partial charge is 0.188 e. The summed E-state index contributed by atoms with van der Waals surface area (Å²) < 4.78 is 0. The molecule has 0 aliphatic carbocycles. The zero-order valence-corrected chi connectivity index (χ0v) is 13.7. The molecule has 0 spiro atoms. The molecular weight excluding hydrogens is 296 g/mol. The zero-order valence-electron chi connectivity index (χ0n) is 13.7. The first kappa shape index (κ1) is 16.0. The summed E-state index contributed by atoms with van der Waals surface area (Å²) >= 11 is 0. The van der Waals surface area contributed by atoms with Crippen molar-refractivity contribution in [3.8, 4) is 0 Å². The number of guanidine groups is 1. The summed E-state index contributed by atoms with van der Waals surface area (Å²) in [4.78, 5) is 8.62. The number of hydrogen-bond acceptors (Lipinski definition) is 2. The van der Waals surface area contributed by atoms with Crippen LogP contribution in [-0.2, 0) is 12.8 Å². The van der Waals surface area contributed by atoms with E-state index in [0.717, 1.165) is 25.1 Å². The minimum atomic E-state index is 0.492. The van der Waals surface area contributed by atoms with Gasteiger partial charge in [0.1, 0.15) is 0 Å². The van der Waals surface area contributed by atoms with E-state index in [9.17, 15) is 0 Å². The largest absolute Gasteiger partial charge is 0.370 e. The summed E-state index contributed by atoms with van der Waals surface area (Å²) in [7, 11) is 0. The van der Waals surface area contributed by atoms with E-state index in [2.05, 4.69) is 57.8 Å². The molecule has 0 saturated heterocycles. The van der Waals surface area contributed by atoms with Gasteiger partial charge in [-0.05, 0) is 34.9 Å². The van der Waals surface area contributed by atoms with Crippen LogP contribution in [0.2, 0.25) is 0 Å². The lowest BCUT2D eigenvalue weighted by Gasteiger charge is -2.07. The molecule has 0 atom stereocenters. The monoisotopic (exact) mass is 318 g/mol. The van der Waals surface area contributed by atoms with Gasteiger partial charge in [0.2, 0.25) is 0 Å². The van der Waals surface area contributed by atoms with Gasteiger partial charge in [-0.3, -0.25) is 9.98 Å². The van der Waals surface area contributed by atoms with Gasteiger partial charge in [-0.2, -0.15) is 0 Å². The number of aromatic nitrogens is 1. The van der Waals surface area contributed by atoms with Crippen molar-refractivity contribution in [1.29, 1.82) is 0 Å². The van der Waals surface area contributed by atoms with Gasteiger partial charge in [0.15, 0.2) is 5.96 Å². The third-order valence-electron chi connectivity index (χ3n) is 3.91. The second-order valence-corrected chi connectivity index (χ2v) is 5.70. The Labute approximate surface area is 142 Å². The summed E-state index contributed by atoms with van der Waals surface area (Å²) in [6.45, 7) is 1.42. The summed E-state index contributed by atoms with van der Waals surface area (Å²) in [6.07, 6.45) is 3.51. The fourth-order valence-electron chi connectivity index (χ4n) is 2.62. The number of aliphatic imine (C=N–C) groups is 1. The van der Waals surface area contributed by atoms with E-state index < -0.39 is 0 Å². The molecule has 3 rings (SSSR count). The van der Waals surface area contributed by atoms with Crippen LogP contribution in [0.5, 0.6) is 0 Å². The number of rotatable bonds is 6. The van der Waals surface area contributed by atoms with Crippen molar-refractivity contribution in [2.45, 2.75) is 12.8 Å². The summed E-state index contributed by atoms with van der Waals surface area (Å²) in [5, 5.41) is 5.71. The van der Waals surface area contributed by atoms with E-state index >= 15 is 0 Å². The topological polar surface area (TPSA) is 63.3 Å². The Bertz CT molecular complexity index is 812. The Morgan fingerprint density at radius 2 is 1.79 bits per heavy atom. The van der Waals surface area contributed by atoms with Crippen molar-refractivity contribution in [3.63, 3.8) is 0 Å². The van der Waals surface area contributed by atoms with Crippen molar-refractivity contribution in [2.24, 2.45) is 10.7 Å². The van der Waals surface area contributed by atoms with Crippen LogP contribution in [0.4, 0.5) is 0 Å². The maximum absolute atomic E-state index is 5.91. The number of nitrogens with zero attached hydrogens (tertiary/aromatic N) is 2. The number of fused-ring (bicyclic) bond motifs is 1. The lowest BCUT2D eigenvalue weighted by atomic mass is 10.1. The molecule has 1 aromatic heterocycles. The van der Waals surface area contributed by atoms with E-state index in [1.807, 2.05) is 18.2 Å². The van der Waals surface area contributed by atoms with E-state index in [1.165, 1.54) is 16.3 Å². The van der Waals surface area contributed by atoms with Crippen molar-refractivity contribution in [3.05, 3.63) is 78.1 Å². The Morgan fingerprint density at radius 3 is 2.62 bits per heavy atom. The van der Waals surface area contributed by atoms with Crippen molar-refractivity contribution < 1.29 is 0 Å². The van der Waals surface area contributed by atoms with Gasteiger partial charge >= 0.3 is 0 Å². The number of hydrogen-bond donors (Lipinski definition) is 2. The van der Waals surface area contributed by atoms with E-state index in [0.29, 0.717) is 12.5 Å². The highest BCUT2D eigenvalue weighted by molar-refractivity contribution is 5.83. The molecular formula is C20H22N4. The number of nitrogens with one attached hydrogen (secondary N) is 1. The standard InChI is InChI=1S/C20H22N4/c21-20(24-14-11-19-7-3-4-12-22-19)23-13-10-16-8-9-17-5-1-2-6-18(17)15-16/h1-9,12,15H,10-11,13-14H2,(H3,21,23,24). The van der Waals surface area contributed by atoms with Gasteiger partial charge < -0.3 is 11.1 Å². The number of benzene rings is 2. The average Bonchev–Trinajstić information content (AvgIpc) is 2.62. The molecule has 0 fully saturated rings. The molecule has 0 amide bonds. The lowest BCUT2D eigenvalue weighted by Crippen LogP contribution is -2.33. The molecule has 3 aromatic rings. The fraction of sp³-hybridized carbons (Fsp3) is 0.200. The molecule has 0 saturated carbocycles. The molecule has 0 unspecified atom stereocenters. The molecule has 122 valence electrons. The van der Waals surface area contributed by atoms with Gasteiger partial charge in [0, 0.05) is 31.4 Å². The average molecular weight is 318 g/mol. The Hall–Kier alpha value is -2.88. The van der Waals surface area contributed by atoms with Crippen LogP contribution in [0.1, 0.15) is 11.3 Å². The maximum atomic E-state index is 5.91. The minimum absolute atomic E-state index is 0.492. The highest BCUT2D eigenvalue weighted by Crippen LogP contribution is 2.15. The van der Waals surface area contributed by atoms with Crippen LogP contribution in [0, 0.1) is 0 Å². The normalized spacial score (nSPS) is 11.6. The maximum Gasteiger partial charge on any atom is 0.188 e. The van der Waals surface area contributed by atoms with Gasteiger partial charge in [0.25, 0.3) is 0 Å². The molecule has 2 aromatic carbocycles. The van der Waals surface area contributed by atoms with Crippen LogP contribution < -0.4 is 11.1 Å². The van der Waals surface area contributed by atoms with Crippen LogP contribution >= 0.6 is 0 Å². The summed E-state index contributed by atoms with van der Waals surface area (Å²) in [6, 6.07) is 20.8. The summed E-state index contributed by atoms with van der Waals surface area (Å²) in [5.74, 6) is 0.492. The zero-order chi connectivity index (χ0) is 16.6. The quantitative estimate of drug-likeness (QED) is 0.542. The van der Waals surface area contributed by atoms with Crippen molar-refractivity contribution >= 4 is 16.7 Å². The SMILES string of the molecule is NC(=NCCc1ccccn1)NCCc1ccc2ccccc2c1. The highest BCUT2D eigenvalue weighted by atomic mass is 15.1. The predicted molar refractivity (Wildman–Crippen MR) is 100 cm³/mol. The van der Waals surface area contributed by atoms with Crippen LogP contribution in [0.15, 0.2) is 71.9 Å². The molecule has 24 heavy (non-hydrogen) atoms. The van der Waals surface area contributed by atoms with Gasteiger partial charge in [-0.15, -0.1) is 0 Å². The Morgan fingerprint density at radius 1 is 0.958 bits per heavy atom. The van der Waals surface area contributed by atoms with Gasteiger partial charge in [0.05, 0.1) is 0 Å². The Kier molecular flexibility index (Phi) is 5.40. The molecule has 1 heterocycles. The van der Waals surface area contributed by atoms with Gasteiger partial charge in [-0.1, -0.05) is 48.5 Å². The van der Waals surface area contributed by atoms with Crippen molar-refractivity contribution in [1.82, 2.24) is 10.3 Å². The van der Waals surface area contributed by atoms with E-state index in [4.69, 9.17) is 5.73 Å². The first-order valence-electron chi connectivity index (χ1n) is 8.23. The molecule has 4 heteroatoms. The first-order valence-corrected chi connectivity index (χ1v) is 8.23. The number of pyridine rings is 1. The molecule has 0 aliphatic heterocycles. The molecule has 0 bridgehead atoms. The second-order valence-electron chi connectivity index (χ2n) is 5.70. The molecule has 0 radical (unpaired) electrons. The van der Waals surface area contributed by atoms with Crippen LogP contribution in [-0.4, -0.2) is 24.0 Å². The second kappa shape index (κ2) is 8.11. The van der Waals surface area contributed by atoms with Crippen molar-refractivity contribution in [2.75, 3.05) is 13.1 Å². The van der Waals surface area contributed by atoms with E-state index in [1.54, 1.807) is 6.20 Å². The first-order chi connectivity index (χ1) is 11.8. The molecule has 3 N–H and O–H groups in total. The molecule has 4 nitrogen and oxygen atoms in total. The summed E-state index contributed by atoms with van der Waals surface area (Å²) in [5.41, 5.74) is 8.24. The van der Waals surface area contributed by atoms with Gasteiger partial charge in [-0.25, -0.2) is 0 Å². The highest BCUT2D eigenvalue weighted by Gasteiger charge is 1.98. The predicted octanol–water partition coefficient (Wildman–Crippen LogP) is 2.92. The molecule has 0 aliphatic rings. The lowest BCUT2D eigenvalue weighted by molar-refractivity contribution is 0.840. The third kappa shape index (κ3) is 4.56. The number of nitrogens with two attached hydrogens (primary N) is 1. The van der Waals surface area contributed by atoms with Crippen LogP contribution in [0.25, 0.3) is 10.8 Å².